The minimum absolute atomic E-state index is 0.140. The smallest absolute Gasteiger partial charge is 0.397 e. The number of hydrogen-bond acceptors (Lipinski definition) is 3. The molecule has 0 unspecified atom stereocenters. The molecule has 0 radical (unpaired) electrons. The third kappa shape index (κ3) is 4.00. The standard InChI is InChI=1S/C9H7F6N3O/c10-8(11,12)6(9(13,14)15)7(19)18-5-2-1-4(16)3-17-5/h1-3,6H,16H2,(H,17,18,19). The first-order chi connectivity index (χ1) is 8.51. The molecule has 1 heterocycles. The number of hydrogen-bond donors (Lipinski definition) is 2. The Balaban J connectivity index is 2.93. The number of nitrogens with zero attached hydrogens (tertiary/aromatic N) is 1. The van der Waals surface area contributed by atoms with Gasteiger partial charge in [-0.1, -0.05) is 0 Å². The molecule has 0 atom stereocenters. The number of amides is 1. The Morgan fingerprint density at radius 3 is 2.05 bits per heavy atom. The van der Waals surface area contributed by atoms with Gasteiger partial charge in [0.25, 0.3) is 0 Å². The number of rotatable bonds is 2. The van der Waals surface area contributed by atoms with Gasteiger partial charge in [0, 0.05) is 0 Å². The van der Waals surface area contributed by atoms with Crippen LogP contribution in [0.15, 0.2) is 18.3 Å². The number of carbonyl (C=O) groups is 1. The monoisotopic (exact) mass is 287 g/mol. The molecule has 19 heavy (non-hydrogen) atoms. The molecule has 0 saturated heterocycles. The van der Waals surface area contributed by atoms with Gasteiger partial charge in [-0.2, -0.15) is 26.3 Å². The van der Waals surface area contributed by atoms with Gasteiger partial charge in [0.05, 0.1) is 11.9 Å². The van der Waals surface area contributed by atoms with Crippen LogP contribution < -0.4 is 11.1 Å². The zero-order chi connectivity index (χ0) is 14.8. The molecule has 1 rings (SSSR count). The van der Waals surface area contributed by atoms with Crippen molar-refractivity contribution in [3.8, 4) is 0 Å². The quantitative estimate of drug-likeness (QED) is 0.820. The highest BCUT2D eigenvalue weighted by atomic mass is 19.4. The van der Waals surface area contributed by atoms with E-state index in [0.29, 0.717) is 0 Å². The molecule has 0 spiro atoms. The van der Waals surface area contributed by atoms with Crippen molar-refractivity contribution in [3.63, 3.8) is 0 Å². The largest absolute Gasteiger partial charge is 0.409 e. The van der Waals surface area contributed by atoms with Gasteiger partial charge in [-0.25, -0.2) is 4.98 Å². The molecule has 1 aromatic rings. The predicted molar refractivity (Wildman–Crippen MR) is 52.9 cm³/mol. The fourth-order valence-corrected chi connectivity index (χ4v) is 1.16. The number of nitrogen functional groups attached to an aromatic ring is 1. The van der Waals surface area contributed by atoms with Crippen LogP contribution in [0.5, 0.6) is 0 Å². The summed E-state index contributed by atoms with van der Waals surface area (Å²) >= 11 is 0. The van der Waals surface area contributed by atoms with Gasteiger partial charge < -0.3 is 11.1 Å². The van der Waals surface area contributed by atoms with E-state index in [1.54, 1.807) is 0 Å². The van der Waals surface area contributed by atoms with Crippen molar-refractivity contribution in [2.75, 3.05) is 11.1 Å². The number of anilines is 2. The van der Waals surface area contributed by atoms with E-state index in [2.05, 4.69) is 4.98 Å². The second-order valence-electron chi connectivity index (χ2n) is 3.48. The molecule has 4 nitrogen and oxygen atoms in total. The fraction of sp³-hybridized carbons (Fsp3) is 0.333. The van der Waals surface area contributed by atoms with Crippen LogP contribution in [0.1, 0.15) is 0 Å². The number of nitrogens with one attached hydrogen (secondary N) is 1. The Kier molecular flexibility index (Phi) is 3.91. The third-order valence-corrected chi connectivity index (χ3v) is 1.95. The van der Waals surface area contributed by atoms with Crippen LogP contribution in [-0.2, 0) is 4.79 Å². The molecule has 0 fully saturated rings. The number of alkyl halides is 6. The normalized spacial score (nSPS) is 12.6. The highest BCUT2D eigenvalue weighted by Crippen LogP contribution is 2.39. The number of aromatic nitrogens is 1. The molecule has 106 valence electrons. The Labute approximate surface area is 102 Å². The molecular formula is C9H7F6N3O. The summed E-state index contributed by atoms with van der Waals surface area (Å²) in [5.41, 5.74) is 5.36. The zero-order valence-electron chi connectivity index (χ0n) is 9.01. The Bertz CT molecular complexity index is 439. The van der Waals surface area contributed by atoms with Crippen LogP contribution in [0.2, 0.25) is 0 Å². The molecule has 1 amide bonds. The van der Waals surface area contributed by atoms with Crippen molar-refractivity contribution in [2.45, 2.75) is 12.4 Å². The zero-order valence-corrected chi connectivity index (χ0v) is 9.01. The van der Waals surface area contributed by atoms with Crippen LogP contribution in [0, 0.1) is 5.92 Å². The number of pyridine rings is 1. The van der Waals surface area contributed by atoms with Crippen LogP contribution in [0.4, 0.5) is 37.8 Å². The Morgan fingerprint density at radius 2 is 1.68 bits per heavy atom. The second-order valence-corrected chi connectivity index (χ2v) is 3.48. The van der Waals surface area contributed by atoms with Crippen molar-refractivity contribution in [1.82, 2.24) is 4.98 Å². The van der Waals surface area contributed by atoms with Crippen molar-refractivity contribution in [1.29, 1.82) is 0 Å². The molecule has 0 bridgehead atoms. The van der Waals surface area contributed by atoms with E-state index in [-0.39, 0.29) is 5.69 Å². The third-order valence-electron chi connectivity index (χ3n) is 1.95. The van der Waals surface area contributed by atoms with Gasteiger partial charge in [0.2, 0.25) is 11.8 Å². The number of halogens is 6. The van der Waals surface area contributed by atoms with E-state index in [4.69, 9.17) is 5.73 Å². The lowest BCUT2D eigenvalue weighted by Gasteiger charge is -2.21. The lowest BCUT2D eigenvalue weighted by Crippen LogP contribution is -2.45. The van der Waals surface area contributed by atoms with Crippen molar-refractivity contribution < 1.29 is 31.1 Å². The van der Waals surface area contributed by atoms with Crippen LogP contribution in [0.25, 0.3) is 0 Å². The second kappa shape index (κ2) is 4.94. The van der Waals surface area contributed by atoms with Gasteiger partial charge in [-0.05, 0) is 12.1 Å². The summed E-state index contributed by atoms with van der Waals surface area (Å²) in [7, 11) is 0. The Morgan fingerprint density at radius 1 is 1.16 bits per heavy atom. The first-order valence-electron chi connectivity index (χ1n) is 4.67. The number of carbonyl (C=O) groups excluding carboxylic acids is 1. The highest BCUT2D eigenvalue weighted by Gasteiger charge is 2.61. The average Bonchev–Trinajstić information content (AvgIpc) is 2.16. The van der Waals surface area contributed by atoms with E-state index in [9.17, 15) is 31.1 Å². The van der Waals surface area contributed by atoms with Crippen LogP contribution in [0.3, 0.4) is 0 Å². The molecule has 0 aliphatic heterocycles. The lowest BCUT2D eigenvalue weighted by atomic mass is 10.1. The summed E-state index contributed by atoms with van der Waals surface area (Å²) in [6, 6.07) is 2.15. The van der Waals surface area contributed by atoms with Crippen molar-refractivity contribution in [2.24, 2.45) is 5.92 Å². The summed E-state index contributed by atoms with van der Waals surface area (Å²) in [4.78, 5) is 14.4. The molecule has 0 aliphatic rings. The highest BCUT2D eigenvalue weighted by molar-refractivity contribution is 5.92. The molecule has 0 aliphatic carbocycles. The molecule has 0 saturated carbocycles. The van der Waals surface area contributed by atoms with Gasteiger partial charge in [-0.3, -0.25) is 4.79 Å². The molecule has 1 aromatic heterocycles. The van der Waals surface area contributed by atoms with Crippen molar-refractivity contribution >= 4 is 17.4 Å². The fourth-order valence-electron chi connectivity index (χ4n) is 1.16. The van der Waals surface area contributed by atoms with E-state index >= 15 is 0 Å². The average molecular weight is 287 g/mol. The van der Waals surface area contributed by atoms with E-state index in [1.807, 2.05) is 0 Å². The minimum atomic E-state index is -5.74. The van der Waals surface area contributed by atoms with Gasteiger partial charge in [0.1, 0.15) is 5.82 Å². The summed E-state index contributed by atoms with van der Waals surface area (Å²) in [6.45, 7) is 0. The summed E-state index contributed by atoms with van der Waals surface area (Å²) in [5, 5.41) is 1.44. The van der Waals surface area contributed by atoms with Crippen molar-refractivity contribution in [3.05, 3.63) is 18.3 Å². The molecule has 3 N–H and O–H groups in total. The topological polar surface area (TPSA) is 68.0 Å². The number of nitrogens with two attached hydrogens (primary N) is 1. The van der Waals surface area contributed by atoms with E-state index in [1.165, 1.54) is 11.4 Å². The van der Waals surface area contributed by atoms with Crippen LogP contribution in [-0.4, -0.2) is 23.2 Å². The van der Waals surface area contributed by atoms with E-state index in [0.717, 1.165) is 12.3 Å². The maximum absolute atomic E-state index is 12.2. The lowest BCUT2D eigenvalue weighted by molar-refractivity contribution is -0.272. The first kappa shape index (κ1) is 15.1. The van der Waals surface area contributed by atoms with E-state index < -0.39 is 30.0 Å². The van der Waals surface area contributed by atoms with Gasteiger partial charge in [0.15, 0.2) is 0 Å². The minimum Gasteiger partial charge on any atom is -0.397 e. The van der Waals surface area contributed by atoms with Gasteiger partial charge in [-0.15, -0.1) is 0 Å². The van der Waals surface area contributed by atoms with Crippen LogP contribution >= 0.6 is 0 Å². The Hall–Kier alpha value is -2.00. The SMILES string of the molecule is Nc1ccc(NC(=O)C(C(F)(F)F)C(F)(F)F)nc1. The molecular weight excluding hydrogens is 280 g/mol. The predicted octanol–water partition coefficient (Wildman–Crippen LogP) is 2.34. The summed E-state index contributed by atoms with van der Waals surface area (Å²) < 4.78 is 73.3. The molecule has 10 heteroatoms. The maximum Gasteiger partial charge on any atom is 0.409 e. The molecule has 0 aromatic carbocycles. The summed E-state index contributed by atoms with van der Waals surface area (Å²) in [6.07, 6.45) is -10.5. The summed E-state index contributed by atoms with van der Waals surface area (Å²) in [5.74, 6) is -6.82. The maximum atomic E-state index is 12.2. The van der Waals surface area contributed by atoms with Gasteiger partial charge >= 0.3 is 12.4 Å². The first-order valence-corrected chi connectivity index (χ1v) is 4.67.